The molecule has 1 fully saturated rings. The van der Waals surface area contributed by atoms with Gasteiger partial charge in [0.25, 0.3) is 0 Å². The highest BCUT2D eigenvalue weighted by molar-refractivity contribution is 5.66. The third kappa shape index (κ3) is 5.21. The van der Waals surface area contributed by atoms with E-state index in [1.54, 1.807) is 7.11 Å². The van der Waals surface area contributed by atoms with Crippen LogP contribution in [0.25, 0.3) is 0 Å². The lowest BCUT2D eigenvalue weighted by Crippen LogP contribution is -2.61. The Morgan fingerprint density at radius 1 is 1.13 bits per heavy atom. The number of benzene rings is 2. The predicted octanol–water partition coefficient (Wildman–Crippen LogP) is 4.41. The van der Waals surface area contributed by atoms with Crippen LogP contribution >= 0.6 is 0 Å². The maximum Gasteiger partial charge on any atom is 0.303 e. The van der Waals surface area contributed by atoms with Gasteiger partial charge in [-0.25, -0.2) is 0 Å². The lowest BCUT2D eigenvalue weighted by Gasteiger charge is -2.50. The molecule has 3 rings (SSSR count). The van der Waals surface area contributed by atoms with Crippen molar-refractivity contribution in [1.29, 1.82) is 0 Å². The standard InChI is InChI=1S/C25H34N2O3/c1-30-23-15-8-7-11-20(23)19-22-14-10-18-27(17-9-3-6-16-24(28)29)25(22,26)21-12-4-2-5-13-21/h2,4-5,7-8,11-13,15,22H,3,6,9-10,14,16-19,26H2,1H3,(H,28,29)/t22-,25+/m0/s1. The molecule has 0 amide bonds. The third-order valence-corrected chi connectivity index (χ3v) is 6.34. The minimum atomic E-state index is -0.720. The molecule has 0 bridgehead atoms. The van der Waals surface area contributed by atoms with Crippen LogP contribution in [0.4, 0.5) is 0 Å². The zero-order valence-electron chi connectivity index (χ0n) is 17.9. The van der Waals surface area contributed by atoms with Gasteiger partial charge in [0.1, 0.15) is 5.75 Å². The Kier molecular flexibility index (Phi) is 7.88. The first kappa shape index (κ1) is 22.3. The van der Waals surface area contributed by atoms with Crippen molar-refractivity contribution in [3.8, 4) is 5.75 Å². The number of carboxylic acid groups (broad SMARTS) is 1. The summed E-state index contributed by atoms with van der Waals surface area (Å²) in [6.45, 7) is 1.85. The average Bonchev–Trinajstić information content (AvgIpc) is 2.76. The first-order valence-corrected chi connectivity index (χ1v) is 11.0. The number of carboxylic acids is 1. The molecule has 0 unspecified atom stereocenters. The van der Waals surface area contributed by atoms with Crippen molar-refractivity contribution in [1.82, 2.24) is 4.90 Å². The van der Waals surface area contributed by atoms with Crippen LogP contribution in [-0.4, -0.2) is 36.2 Å². The van der Waals surface area contributed by atoms with E-state index in [1.807, 2.05) is 18.2 Å². The van der Waals surface area contributed by atoms with Gasteiger partial charge in [0, 0.05) is 19.5 Å². The van der Waals surface area contributed by atoms with Crippen LogP contribution in [0, 0.1) is 5.92 Å². The van der Waals surface area contributed by atoms with Crippen LogP contribution in [0.15, 0.2) is 54.6 Å². The van der Waals surface area contributed by atoms with Gasteiger partial charge in [0.05, 0.1) is 12.8 Å². The topological polar surface area (TPSA) is 75.8 Å². The summed E-state index contributed by atoms with van der Waals surface area (Å²) in [7, 11) is 1.72. The molecule has 3 N–H and O–H groups in total. The Morgan fingerprint density at radius 2 is 1.87 bits per heavy atom. The largest absolute Gasteiger partial charge is 0.496 e. The molecular weight excluding hydrogens is 376 g/mol. The second kappa shape index (κ2) is 10.6. The summed E-state index contributed by atoms with van der Waals surface area (Å²) in [6.07, 6.45) is 5.87. The summed E-state index contributed by atoms with van der Waals surface area (Å²) in [5.74, 6) is 0.463. The van der Waals surface area contributed by atoms with E-state index in [1.165, 1.54) is 5.56 Å². The summed E-state index contributed by atoms with van der Waals surface area (Å²) >= 11 is 0. The normalized spacial score (nSPS) is 22.0. The van der Waals surface area contributed by atoms with Gasteiger partial charge >= 0.3 is 5.97 Å². The molecule has 5 nitrogen and oxygen atoms in total. The number of likely N-dealkylation sites (tertiary alicyclic amines) is 1. The van der Waals surface area contributed by atoms with E-state index in [2.05, 4.69) is 41.3 Å². The lowest BCUT2D eigenvalue weighted by molar-refractivity contribution is -0.137. The number of hydrogen-bond acceptors (Lipinski definition) is 4. The molecule has 0 aromatic heterocycles. The van der Waals surface area contributed by atoms with Gasteiger partial charge in [-0.3, -0.25) is 9.69 Å². The van der Waals surface area contributed by atoms with Crippen LogP contribution in [0.2, 0.25) is 0 Å². The SMILES string of the molecule is COc1ccccc1C[C@@H]1CCCN(CCCCCC(=O)O)[C@]1(N)c1ccccc1. The highest BCUT2D eigenvalue weighted by Crippen LogP contribution is 2.41. The van der Waals surface area contributed by atoms with Crippen molar-refractivity contribution in [2.24, 2.45) is 11.7 Å². The van der Waals surface area contributed by atoms with E-state index in [4.69, 9.17) is 15.6 Å². The number of methoxy groups -OCH3 is 1. The predicted molar refractivity (Wildman–Crippen MR) is 119 cm³/mol. The molecule has 0 radical (unpaired) electrons. The van der Waals surface area contributed by atoms with Crippen LogP contribution in [-0.2, 0) is 16.9 Å². The lowest BCUT2D eigenvalue weighted by atomic mass is 9.75. The Labute approximate surface area is 179 Å². The average molecular weight is 411 g/mol. The van der Waals surface area contributed by atoms with E-state index in [0.29, 0.717) is 0 Å². The van der Waals surface area contributed by atoms with Crippen LogP contribution in [0.5, 0.6) is 5.75 Å². The highest BCUT2D eigenvalue weighted by Gasteiger charge is 2.44. The number of para-hydroxylation sites is 1. The van der Waals surface area contributed by atoms with E-state index in [0.717, 1.165) is 62.9 Å². The van der Waals surface area contributed by atoms with Crippen molar-refractivity contribution in [2.75, 3.05) is 20.2 Å². The number of unbranched alkanes of at least 4 members (excludes halogenated alkanes) is 2. The molecule has 2 aromatic carbocycles. The van der Waals surface area contributed by atoms with Crippen molar-refractivity contribution < 1.29 is 14.6 Å². The second-order valence-corrected chi connectivity index (χ2v) is 8.24. The molecular formula is C25H34N2O3. The van der Waals surface area contributed by atoms with Crippen LogP contribution in [0.3, 0.4) is 0 Å². The molecule has 1 aliphatic rings. The van der Waals surface area contributed by atoms with Crippen molar-refractivity contribution in [3.63, 3.8) is 0 Å². The summed E-state index contributed by atoms with van der Waals surface area (Å²) < 4.78 is 5.60. The van der Waals surface area contributed by atoms with Gasteiger partial charge in [0.2, 0.25) is 0 Å². The van der Waals surface area contributed by atoms with Crippen LogP contribution in [0.1, 0.15) is 49.7 Å². The number of nitrogens with two attached hydrogens (primary N) is 1. The summed E-state index contributed by atoms with van der Waals surface area (Å²) in [4.78, 5) is 13.2. The Hall–Kier alpha value is -2.37. The summed E-state index contributed by atoms with van der Waals surface area (Å²) in [5.41, 5.74) is 9.06. The molecule has 1 aliphatic heterocycles. The molecule has 0 aliphatic carbocycles. The molecule has 2 aromatic rings. The third-order valence-electron chi connectivity index (χ3n) is 6.34. The molecule has 1 heterocycles. The summed E-state index contributed by atoms with van der Waals surface area (Å²) in [5, 5.41) is 8.87. The van der Waals surface area contributed by atoms with Gasteiger partial charge in [0.15, 0.2) is 0 Å². The van der Waals surface area contributed by atoms with E-state index in [-0.39, 0.29) is 12.3 Å². The van der Waals surface area contributed by atoms with Crippen molar-refractivity contribution in [3.05, 3.63) is 65.7 Å². The number of carbonyl (C=O) groups is 1. The molecule has 1 saturated heterocycles. The number of rotatable bonds is 10. The van der Waals surface area contributed by atoms with E-state index < -0.39 is 11.6 Å². The Balaban J connectivity index is 1.81. The monoisotopic (exact) mass is 410 g/mol. The molecule has 0 spiro atoms. The fraction of sp³-hybridized carbons (Fsp3) is 0.480. The molecule has 5 heteroatoms. The number of aliphatic carboxylic acids is 1. The van der Waals surface area contributed by atoms with Crippen molar-refractivity contribution in [2.45, 2.75) is 50.6 Å². The second-order valence-electron chi connectivity index (χ2n) is 8.24. The van der Waals surface area contributed by atoms with Gasteiger partial charge in [-0.05, 0) is 55.2 Å². The van der Waals surface area contributed by atoms with Gasteiger partial charge < -0.3 is 15.6 Å². The van der Waals surface area contributed by atoms with Crippen molar-refractivity contribution >= 4 is 5.97 Å². The first-order chi connectivity index (χ1) is 14.6. The maximum atomic E-state index is 10.8. The fourth-order valence-corrected chi connectivity index (χ4v) is 4.76. The Morgan fingerprint density at radius 3 is 2.60 bits per heavy atom. The number of hydrogen-bond donors (Lipinski definition) is 2. The highest BCUT2D eigenvalue weighted by atomic mass is 16.5. The molecule has 30 heavy (non-hydrogen) atoms. The maximum absolute atomic E-state index is 10.8. The van der Waals surface area contributed by atoms with Gasteiger partial charge in [-0.15, -0.1) is 0 Å². The fourth-order valence-electron chi connectivity index (χ4n) is 4.76. The minimum Gasteiger partial charge on any atom is -0.496 e. The molecule has 0 saturated carbocycles. The molecule has 2 atom stereocenters. The summed E-state index contributed by atoms with van der Waals surface area (Å²) in [6, 6.07) is 18.6. The zero-order valence-corrected chi connectivity index (χ0v) is 17.9. The van der Waals surface area contributed by atoms with E-state index in [9.17, 15) is 4.79 Å². The quantitative estimate of drug-likeness (QED) is 0.568. The van der Waals surface area contributed by atoms with Gasteiger partial charge in [-0.2, -0.15) is 0 Å². The number of ether oxygens (including phenoxy) is 1. The first-order valence-electron chi connectivity index (χ1n) is 11.0. The smallest absolute Gasteiger partial charge is 0.303 e. The van der Waals surface area contributed by atoms with Crippen LogP contribution < -0.4 is 10.5 Å². The van der Waals surface area contributed by atoms with E-state index >= 15 is 0 Å². The Bertz CT molecular complexity index is 811. The van der Waals surface area contributed by atoms with Gasteiger partial charge in [-0.1, -0.05) is 55.0 Å². The zero-order chi connectivity index (χ0) is 21.4. The molecule has 162 valence electrons. The number of piperidine rings is 1. The minimum absolute atomic E-state index is 0.239. The number of nitrogens with zero attached hydrogens (tertiary/aromatic N) is 1.